The second kappa shape index (κ2) is 3.60. The molecule has 1 rings (SSSR count). The Bertz CT molecular complexity index is 298. The number of hydrogen-bond donors (Lipinski definition) is 2. The summed E-state index contributed by atoms with van der Waals surface area (Å²) < 4.78 is 29.3. The van der Waals surface area contributed by atoms with Crippen molar-refractivity contribution >= 4 is 16.0 Å². The molecule has 1 aliphatic rings. The van der Waals surface area contributed by atoms with Crippen LogP contribution in [0.5, 0.6) is 0 Å². The summed E-state index contributed by atoms with van der Waals surface area (Å²) >= 11 is 0. The summed E-state index contributed by atoms with van der Waals surface area (Å²) in [5.74, 6) is -1.24. The molecule has 13 heavy (non-hydrogen) atoms. The predicted molar refractivity (Wildman–Crippen MR) is 43.3 cm³/mol. The number of carbonyl (C=O) groups is 1. The van der Waals surface area contributed by atoms with Crippen molar-refractivity contribution in [1.29, 1.82) is 0 Å². The molecule has 0 aromatic carbocycles. The molecule has 0 aromatic rings. The van der Waals surface area contributed by atoms with Gasteiger partial charge in [0.2, 0.25) is 5.91 Å². The summed E-state index contributed by atoms with van der Waals surface area (Å²) in [6.07, 6.45) is 0.145. The normalized spacial score (nSPS) is 24.0. The summed E-state index contributed by atoms with van der Waals surface area (Å²) in [6, 6.07) is 0. The topological polar surface area (TPSA) is 94.9 Å². The van der Waals surface area contributed by atoms with Gasteiger partial charge in [-0.2, -0.15) is 8.42 Å². The summed E-state index contributed by atoms with van der Waals surface area (Å²) in [4.78, 5) is 12.1. The molecule has 1 saturated heterocycles. The maximum Gasteiger partial charge on any atom is 0.283 e. The highest BCUT2D eigenvalue weighted by Gasteiger charge is 2.31. The Balaban J connectivity index is 2.59. The molecule has 7 heteroatoms. The molecular formula is C6H11NO5S. The molecule has 1 aliphatic heterocycles. The number of carbonyl (C=O) groups excluding carboxylic acids is 1. The van der Waals surface area contributed by atoms with E-state index in [9.17, 15) is 13.2 Å². The summed E-state index contributed by atoms with van der Waals surface area (Å²) in [6.45, 7) is 0.0445. The minimum Gasteiger partial charge on any atom is -0.396 e. The van der Waals surface area contributed by atoms with Gasteiger partial charge in [0.05, 0.1) is 0 Å². The molecule has 0 spiro atoms. The molecule has 6 nitrogen and oxygen atoms in total. The number of aliphatic hydroxyl groups excluding tert-OH is 1. The van der Waals surface area contributed by atoms with Crippen LogP contribution in [-0.2, 0) is 14.9 Å². The van der Waals surface area contributed by atoms with Gasteiger partial charge in [-0.15, -0.1) is 0 Å². The van der Waals surface area contributed by atoms with Gasteiger partial charge in [0.25, 0.3) is 10.1 Å². The molecule has 0 aliphatic carbocycles. The van der Waals surface area contributed by atoms with Gasteiger partial charge < -0.3 is 10.0 Å². The van der Waals surface area contributed by atoms with E-state index in [2.05, 4.69) is 0 Å². The van der Waals surface area contributed by atoms with E-state index in [0.29, 0.717) is 0 Å². The lowest BCUT2D eigenvalue weighted by molar-refractivity contribution is -0.127. The third-order valence-corrected chi connectivity index (χ3v) is 2.51. The van der Waals surface area contributed by atoms with E-state index in [1.807, 2.05) is 0 Å². The van der Waals surface area contributed by atoms with Crippen molar-refractivity contribution in [3.63, 3.8) is 0 Å². The monoisotopic (exact) mass is 209 g/mol. The molecular weight excluding hydrogens is 198 g/mol. The van der Waals surface area contributed by atoms with E-state index in [1.165, 1.54) is 0 Å². The van der Waals surface area contributed by atoms with Gasteiger partial charge in [-0.1, -0.05) is 0 Å². The quantitative estimate of drug-likeness (QED) is 0.562. The van der Waals surface area contributed by atoms with Gasteiger partial charge in [-0.25, -0.2) is 0 Å². The largest absolute Gasteiger partial charge is 0.396 e. The first kappa shape index (κ1) is 10.4. The highest BCUT2D eigenvalue weighted by atomic mass is 32.2. The van der Waals surface area contributed by atoms with Crippen LogP contribution in [0.15, 0.2) is 0 Å². The predicted octanol–water partition coefficient (Wildman–Crippen LogP) is -1.33. The van der Waals surface area contributed by atoms with E-state index in [1.54, 1.807) is 0 Å². The fraction of sp³-hybridized carbons (Fsp3) is 0.833. The zero-order valence-corrected chi connectivity index (χ0v) is 7.70. The number of aliphatic hydroxyl groups is 1. The van der Waals surface area contributed by atoms with Crippen molar-refractivity contribution in [3.05, 3.63) is 0 Å². The average Bonchev–Trinajstić information content (AvgIpc) is 2.29. The van der Waals surface area contributed by atoms with Crippen molar-refractivity contribution in [2.24, 2.45) is 5.92 Å². The van der Waals surface area contributed by atoms with Gasteiger partial charge in [-0.3, -0.25) is 9.35 Å². The standard InChI is InChI=1S/C6H11NO5S/c8-3-5-1-6(9)7(2-5)4-13(10,11)12/h5,8H,1-4H2,(H,10,11,12). The molecule has 76 valence electrons. The Morgan fingerprint density at radius 2 is 2.15 bits per heavy atom. The molecule has 0 aromatic heterocycles. The fourth-order valence-corrected chi connectivity index (χ4v) is 1.94. The number of nitrogens with zero attached hydrogens (tertiary/aromatic N) is 1. The van der Waals surface area contributed by atoms with E-state index in [0.717, 1.165) is 4.90 Å². The maximum atomic E-state index is 11.1. The zero-order chi connectivity index (χ0) is 10.1. The Morgan fingerprint density at radius 3 is 2.54 bits per heavy atom. The fourth-order valence-electron chi connectivity index (χ4n) is 1.30. The second-order valence-electron chi connectivity index (χ2n) is 3.08. The molecule has 0 saturated carbocycles. The Hall–Kier alpha value is -0.660. The first-order valence-electron chi connectivity index (χ1n) is 3.76. The van der Waals surface area contributed by atoms with Gasteiger partial charge in [0, 0.05) is 25.5 Å². The SMILES string of the molecule is O=C1CC(CO)CN1CS(=O)(=O)O. The number of likely N-dealkylation sites (tertiary alicyclic amines) is 1. The van der Waals surface area contributed by atoms with Gasteiger partial charge in [-0.05, 0) is 0 Å². The number of hydrogen-bond acceptors (Lipinski definition) is 4. The number of rotatable bonds is 3. The lowest BCUT2D eigenvalue weighted by Crippen LogP contribution is -2.31. The van der Waals surface area contributed by atoms with Crippen LogP contribution in [0.4, 0.5) is 0 Å². The summed E-state index contributed by atoms with van der Waals surface area (Å²) in [5.41, 5.74) is 0. The van der Waals surface area contributed by atoms with Crippen molar-refractivity contribution in [2.75, 3.05) is 19.0 Å². The van der Waals surface area contributed by atoms with Crippen molar-refractivity contribution in [2.45, 2.75) is 6.42 Å². The third-order valence-electron chi connectivity index (χ3n) is 1.87. The minimum absolute atomic E-state index is 0.145. The molecule has 1 amide bonds. The zero-order valence-electron chi connectivity index (χ0n) is 6.88. The van der Waals surface area contributed by atoms with Crippen molar-refractivity contribution in [3.8, 4) is 0 Å². The first-order chi connectivity index (χ1) is 5.92. The van der Waals surface area contributed by atoms with Crippen LogP contribution in [0, 0.1) is 5.92 Å². The molecule has 1 fully saturated rings. The highest BCUT2D eigenvalue weighted by molar-refractivity contribution is 7.85. The van der Waals surface area contributed by atoms with Gasteiger partial charge in [0.1, 0.15) is 5.88 Å². The van der Waals surface area contributed by atoms with Crippen LogP contribution in [0.2, 0.25) is 0 Å². The van der Waals surface area contributed by atoms with Gasteiger partial charge in [0.15, 0.2) is 0 Å². The van der Waals surface area contributed by atoms with Gasteiger partial charge >= 0.3 is 0 Å². The first-order valence-corrected chi connectivity index (χ1v) is 5.37. The van der Waals surface area contributed by atoms with Crippen molar-refractivity contribution < 1.29 is 22.9 Å². The van der Waals surface area contributed by atoms with Crippen LogP contribution in [-0.4, -0.2) is 47.9 Å². The molecule has 2 N–H and O–H groups in total. The molecule has 0 radical (unpaired) electrons. The molecule has 1 atom stereocenters. The minimum atomic E-state index is -4.15. The van der Waals surface area contributed by atoms with Crippen LogP contribution in [0.1, 0.15) is 6.42 Å². The van der Waals surface area contributed by atoms with Crippen LogP contribution >= 0.6 is 0 Å². The van der Waals surface area contributed by atoms with Crippen LogP contribution in [0.25, 0.3) is 0 Å². The Morgan fingerprint density at radius 1 is 1.54 bits per heavy atom. The molecule has 0 bridgehead atoms. The lowest BCUT2D eigenvalue weighted by Gasteiger charge is -2.13. The lowest BCUT2D eigenvalue weighted by atomic mass is 10.1. The van der Waals surface area contributed by atoms with E-state index in [4.69, 9.17) is 9.66 Å². The van der Waals surface area contributed by atoms with E-state index >= 15 is 0 Å². The molecule has 1 heterocycles. The Kier molecular flexibility index (Phi) is 2.89. The number of amides is 1. The van der Waals surface area contributed by atoms with E-state index in [-0.39, 0.29) is 31.4 Å². The van der Waals surface area contributed by atoms with Crippen LogP contribution in [0.3, 0.4) is 0 Å². The summed E-state index contributed by atoms with van der Waals surface area (Å²) in [7, 11) is -4.15. The molecule has 1 unspecified atom stereocenters. The highest BCUT2D eigenvalue weighted by Crippen LogP contribution is 2.17. The van der Waals surface area contributed by atoms with Crippen molar-refractivity contribution in [1.82, 2.24) is 4.90 Å². The summed E-state index contributed by atoms with van der Waals surface area (Å²) in [5, 5.41) is 8.71. The smallest absolute Gasteiger partial charge is 0.283 e. The third kappa shape index (κ3) is 2.94. The average molecular weight is 209 g/mol. The van der Waals surface area contributed by atoms with E-state index < -0.39 is 16.0 Å². The Labute approximate surface area is 75.9 Å². The second-order valence-corrected chi connectivity index (χ2v) is 4.50. The maximum absolute atomic E-state index is 11.1. The van der Waals surface area contributed by atoms with Crippen LogP contribution < -0.4 is 0 Å².